The number of pyridine rings is 1. The molecule has 0 aliphatic carbocycles. The molecule has 13 heavy (non-hydrogen) atoms. The number of anilines is 1. The molecular weight excluding hydrogens is 162 g/mol. The highest BCUT2D eigenvalue weighted by Gasteiger charge is 1.99. The lowest BCUT2D eigenvalue weighted by atomic mass is 10.2. The molecule has 0 saturated heterocycles. The Morgan fingerprint density at radius 1 is 1.62 bits per heavy atom. The van der Waals surface area contributed by atoms with Crippen LogP contribution in [0.2, 0.25) is 0 Å². The van der Waals surface area contributed by atoms with Gasteiger partial charge >= 0.3 is 0 Å². The van der Waals surface area contributed by atoms with Crippen LogP contribution in [0.5, 0.6) is 0 Å². The van der Waals surface area contributed by atoms with E-state index in [1.54, 1.807) is 0 Å². The van der Waals surface area contributed by atoms with Gasteiger partial charge in [0.25, 0.3) is 0 Å². The van der Waals surface area contributed by atoms with Crippen molar-refractivity contribution < 1.29 is 0 Å². The smallest absolute Gasteiger partial charge is 0.0393 e. The molecule has 3 nitrogen and oxygen atoms in total. The number of hydrogen-bond acceptors (Lipinski definition) is 3. The van der Waals surface area contributed by atoms with Crippen LogP contribution in [0, 0.1) is 6.92 Å². The van der Waals surface area contributed by atoms with Crippen LogP contribution in [-0.4, -0.2) is 17.6 Å². The number of aromatic nitrogens is 1. The van der Waals surface area contributed by atoms with Gasteiger partial charge in [0.15, 0.2) is 0 Å². The molecule has 0 bridgehead atoms. The van der Waals surface area contributed by atoms with E-state index in [4.69, 9.17) is 5.73 Å². The van der Waals surface area contributed by atoms with Crippen LogP contribution in [0.15, 0.2) is 18.3 Å². The van der Waals surface area contributed by atoms with Gasteiger partial charge in [-0.2, -0.15) is 0 Å². The second-order valence-corrected chi connectivity index (χ2v) is 3.31. The molecule has 1 unspecified atom stereocenters. The molecule has 1 heterocycles. The van der Waals surface area contributed by atoms with Gasteiger partial charge in [0, 0.05) is 23.6 Å². The predicted molar refractivity (Wildman–Crippen MR) is 55.7 cm³/mol. The molecule has 0 aliphatic heterocycles. The molecule has 3 N–H and O–H groups in total. The Balaban J connectivity index is 2.53. The summed E-state index contributed by atoms with van der Waals surface area (Å²) in [4.78, 5) is 4.13. The van der Waals surface area contributed by atoms with Crippen LogP contribution in [0.4, 0.5) is 5.69 Å². The Kier molecular flexibility index (Phi) is 3.71. The fourth-order valence-corrected chi connectivity index (χ4v) is 1.24. The average Bonchev–Trinajstić information content (AvgIpc) is 2.04. The molecule has 1 aromatic rings. The summed E-state index contributed by atoms with van der Waals surface area (Å²) in [5.41, 5.74) is 7.61. The maximum atomic E-state index is 5.46. The van der Waals surface area contributed by atoms with Crippen LogP contribution >= 0.6 is 0 Å². The Labute approximate surface area is 79.4 Å². The van der Waals surface area contributed by atoms with E-state index in [9.17, 15) is 0 Å². The van der Waals surface area contributed by atoms with E-state index in [1.807, 2.05) is 25.3 Å². The molecule has 0 saturated carbocycles. The molecular formula is C10H17N3. The Morgan fingerprint density at radius 2 is 2.38 bits per heavy atom. The minimum Gasteiger partial charge on any atom is -0.382 e. The SMILES string of the molecule is Cc1cc(NC(C)CCN)ccn1. The summed E-state index contributed by atoms with van der Waals surface area (Å²) in [5, 5.41) is 3.36. The summed E-state index contributed by atoms with van der Waals surface area (Å²) in [7, 11) is 0. The molecule has 0 aliphatic rings. The van der Waals surface area contributed by atoms with Gasteiger partial charge in [-0.1, -0.05) is 0 Å². The zero-order chi connectivity index (χ0) is 9.68. The summed E-state index contributed by atoms with van der Waals surface area (Å²) in [6.45, 7) is 4.83. The molecule has 1 rings (SSSR count). The lowest BCUT2D eigenvalue weighted by Gasteiger charge is -2.13. The fraction of sp³-hybridized carbons (Fsp3) is 0.500. The first-order valence-electron chi connectivity index (χ1n) is 4.61. The van der Waals surface area contributed by atoms with Gasteiger partial charge in [-0.3, -0.25) is 4.98 Å². The van der Waals surface area contributed by atoms with Crippen molar-refractivity contribution in [2.24, 2.45) is 5.73 Å². The third kappa shape index (κ3) is 3.42. The third-order valence-corrected chi connectivity index (χ3v) is 1.91. The van der Waals surface area contributed by atoms with E-state index in [0.717, 1.165) is 24.3 Å². The topological polar surface area (TPSA) is 50.9 Å². The number of nitrogens with zero attached hydrogens (tertiary/aromatic N) is 1. The van der Waals surface area contributed by atoms with Crippen LogP contribution in [0.3, 0.4) is 0 Å². The van der Waals surface area contributed by atoms with Crippen LogP contribution in [0.1, 0.15) is 19.0 Å². The summed E-state index contributed by atoms with van der Waals surface area (Å²) < 4.78 is 0. The van der Waals surface area contributed by atoms with Crippen molar-refractivity contribution in [2.45, 2.75) is 26.3 Å². The lowest BCUT2D eigenvalue weighted by Crippen LogP contribution is -2.19. The van der Waals surface area contributed by atoms with E-state index >= 15 is 0 Å². The first kappa shape index (κ1) is 9.99. The normalized spacial score (nSPS) is 12.5. The van der Waals surface area contributed by atoms with E-state index < -0.39 is 0 Å². The second-order valence-electron chi connectivity index (χ2n) is 3.31. The number of aryl methyl sites for hydroxylation is 1. The van der Waals surface area contributed by atoms with E-state index in [-0.39, 0.29) is 0 Å². The van der Waals surface area contributed by atoms with Gasteiger partial charge in [-0.25, -0.2) is 0 Å². The molecule has 1 aromatic heterocycles. The van der Waals surface area contributed by atoms with Crippen LogP contribution in [0.25, 0.3) is 0 Å². The van der Waals surface area contributed by atoms with Crippen molar-refractivity contribution >= 4 is 5.69 Å². The maximum absolute atomic E-state index is 5.46. The van der Waals surface area contributed by atoms with Gasteiger partial charge in [-0.05, 0) is 38.9 Å². The molecule has 0 spiro atoms. The van der Waals surface area contributed by atoms with Crippen molar-refractivity contribution in [3.63, 3.8) is 0 Å². The fourth-order valence-electron chi connectivity index (χ4n) is 1.24. The quantitative estimate of drug-likeness (QED) is 0.737. The standard InChI is InChI=1S/C10H17N3/c1-8(3-5-11)13-10-4-6-12-9(2)7-10/h4,6-8H,3,5,11H2,1-2H3,(H,12,13). The Hall–Kier alpha value is -1.09. The maximum Gasteiger partial charge on any atom is 0.0393 e. The monoisotopic (exact) mass is 179 g/mol. The van der Waals surface area contributed by atoms with Gasteiger partial charge in [0.1, 0.15) is 0 Å². The van der Waals surface area contributed by atoms with Crippen molar-refractivity contribution in [1.82, 2.24) is 4.98 Å². The summed E-state index contributed by atoms with van der Waals surface area (Å²) in [6.07, 6.45) is 2.80. The highest BCUT2D eigenvalue weighted by Crippen LogP contribution is 2.09. The zero-order valence-corrected chi connectivity index (χ0v) is 8.25. The van der Waals surface area contributed by atoms with Crippen molar-refractivity contribution in [3.05, 3.63) is 24.0 Å². The lowest BCUT2D eigenvalue weighted by molar-refractivity contribution is 0.716. The van der Waals surface area contributed by atoms with E-state index in [2.05, 4.69) is 17.2 Å². The predicted octanol–water partition coefficient (Wildman–Crippen LogP) is 1.54. The molecule has 0 aromatic carbocycles. The minimum absolute atomic E-state index is 0.423. The molecule has 1 atom stereocenters. The van der Waals surface area contributed by atoms with Crippen LogP contribution in [-0.2, 0) is 0 Å². The summed E-state index contributed by atoms with van der Waals surface area (Å²) in [6, 6.07) is 4.43. The van der Waals surface area contributed by atoms with Crippen molar-refractivity contribution in [2.75, 3.05) is 11.9 Å². The van der Waals surface area contributed by atoms with Crippen LogP contribution < -0.4 is 11.1 Å². The number of hydrogen-bond donors (Lipinski definition) is 2. The Morgan fingerprint density at radius 3 is 3.00 bits per heavy atom. The molecule has 0 radical (unpaired) electrons. The number of nitrogens with two attached hydrogens (primary N) is 1. The average molecular weight is 179 g/mol. The number of nitrogens with one attached hydrogen (secondary N) is 1. The van der Waals surface area contributed by atoms with Gasteiger partial charge in [0.05, 0.1) is 0 Å². The van der Waals surface area contributed by atoms with Gasteiger partial charge in [-0.15, -0.1) is 0 Å². The van der Waals surface area contributed by atoms with Gasteiger partial charge in [0.2, 0.25) is 0 Å². The Bertz CT molecular complexity index is 260. The first-order valence-corrected chi connectivity index (χ1v) is 4.61. The van der Waals surface area contributed by atoms with Gasteiger partial charge < -0.3 is 11.1 Å². The molecule has 0 fully saturated rings. The first-order chi connectivity index (χ1) is 6.22. The van der Waals surface area contributed by atoms with Crippen molar-refractivity contribution in [1.29, 1.82) is 0 Å². The molecule has 0 amide bonds. The summed E-state index contributed by atoms with van der Waals surface area (Å²) in [5.74, 6) is 0. The third-order valence-electron chi connectivity index (χ3n) is 1.91. The van der Waals surface area contributed by atoms with E-state index in [1.165, 1.54) is 0 Å². The largest absolute Gasteiger partial charge is 0.382 e. The molecule has 72 valence electrons. The number of rotatable bonds is 4. The van der Waals surface area contributed by atoms with Crippen molar-refractivity contribution in [3.8, 4) is 0 Å². The molecule has 3 heteroatoms. The minimum atomic E-state index is 0.423. The zero-order valence-electron chi connectivity index (χ0n) is 8.25. The highest BCUT2D eigenvalue weighted by atomic mass is 14.9. The van der Waals surface area contributed by atoms with E-state index in [0.29, 0.717) is 6.04 Å². The summed E-state index contributed by atoms with van der Waals surface area (Å²) >= 11 is 0. The second kappa shape index (κ2) is 4.82. The highest BCUT2D eigenvalue weighted by molar-refractivity contribution is 5.43.